The molecule has 0 saturated carbocycles. The fraction of sp³-hybridized carbons (Fsp3) is 0.111. The molecule has 106 valence electrons. The minimum absolute atomic E-state index is 0.572. The highest BCUT2D eigenvalue weighted by Crippen LogP contribution is 2.32. The van der Waals surface area contributed by atoms with Crippen LogP contribution in [0.4, 0.5) is 0 Å². The molecule has 0 aliphatic rings. The van der Waals surface area contributed by atoms with E-state index in [1.807, 2.05) is 23.9 Å². The number of thioether (sulfide) groups is 1. The van der Waals surface area contributed by atoms with Crippen molar-refractivity contribution in [2.75, 3.05) is 0 Å². The number of benzene rings is 3. The van der Waals surface area contributed by atoms with E-state index < -0.39 is 0 Å². The van der Waals surface area contributed by atoms with Gasteiger partial charge in [-0.2, -0.15) is 0 Å². The van der Waals surface area contributed by atoms with Gasteiger partial charge in [0.05, 0.1) is 0 Å². The van der Waals surface area contributed by atoms with Crippen LogP contribution in [0.15, 0.2) is 65.6 Å². The Hall–Kier alpha value is -1.48. The molecule has 2 N–H and O–H groups in total. The lowest BCUT2D eigenvalue weighted by Gasteiger charge is -2.10. The van der Waals surface area contributed by atoms with Crippen LogP contribution in [-0.4, -0.2) is 0 Å². The fourth-order valence-electron chi connectivity index (χ4n) is 2.38. The first-order valence-corrected chi connectivity index (χ1v) is 8.22. The van der Waals surface area contributed by atoms with Gasteiger partial charge in [0.2, 0.25) is 0 Å². The van der Waals surface area contributed by atoms with Gasteiger partial charge in [0, 0.05) is 22.2 Å². The molecule has 3 rings (SSSR count). The van der Waals surface area contributed by atoms with Gasteiger partial charge in [-0.15, -0.1) is 11.8 Å². The summed E-state index contributed by atoms with van der Waals surface area (Å²) < 4.78 is 0. The Morgan fingerprint density at radius 1 is 0.857 bits per heavy atom. The van der Waals surface area contributed by atoms with Crippen LogP contribution < -0.4 is 5.73 Å². The highest BCUT2D eigenvalue weighted by molar-refractivity contribution is 7.98. The summed E-state index contributed by atoms with van der Waals surface area (Å²) in [5.41, 5.74) is 8.30. The quantitative estimate of drug-likeness (QED) is 0.666. The SMILES string of the molecule is NCc1ccc(SCc2ccc(Cl)cc2)c2ccccc12. The fourth-order valence-corrected chi connectivity index (χ4v) is 3.52. The van der Waals surface area contributed by atoms with Crippen LogP contribution in [0.3, 0.4) is 0 Å². The second kappa shape index (κ2) is 6.52. The maximum atomic E-state index is 5.92. The largest absolute Gasteiger partial charge is 0.326 e. The summed E-state index contributed by atoms with van der Waals surface area (Å²) >= 11 is 7.77. The zero-order valence-electron chi connectivity index (χ0n) is 11.6. The first-order valence-electron chi connectivity index (χ1n) is 6.86. The molecule has 3 heteroatoms. The minimum Gasteiger partial charge on any atom is -0.326 e. The molecular weight excluding hydrogens is 298 g/mol. The third-order valence-corrected chi connectivity index (χ3v) is 4.90. The zero-order chi connectivity index (χ0) is 14.7. The van der Waals surface area contributed by atoms with Crippen molar-refractivity contribution in [3.05, 3.63) is 76.8 Å². The molecule has 0 saturated heterocycles. The van der Waals surface area contributed by atoms with E-state index in [4.69, 9.17) is 17.3 Å². The highest BCUT2D eigenvalue weighted by Gasteiger charge is 2.05. The van der Waals surface area contributed by atoms with Crippen LogP contribution in [0.25, 0.3) is 10.8 Å². The second-order valence-electron chi connectivity index (χ2n) is 4.89. The van der Waals surface area contributed by atoms with Gasteiger partial charge in [-0.05, 0) is 40.1 Å². The van der Waals surface area contributed by atoms with Crippen molar-refractivity contribution in [3.63, 3.8) is 0 Å². The second-order valence-corrected chi connectivity index (χ2v) is 6.34. The Morgan fingerprint density at radius 2 is 1.57 bits per heavy atom. The third kappa shape index (κ3) is 3.24. The van der Waals surface area contributed by atoms with Crippen LogP contribution in [-0.2, 0) is 12.3 Å². The Morgan fingerprint density at radius 3 is 2.29 bits per heavy atom. The average Bonchev–Trinajstić information content (AvgIpc) is 2.54. The summed E-state index contributed by atoms with van der Waals surface area (Å²) in [5.74, 6) is 0.934. The molecule has 0 heterocycles. The smallest absolute Gasteiger partial charge is 0.0406 e. The predicted molar refractivity (Wildman–Crippen MR) is 92.9 cm³/mol. The molecule has 0 atom stereocenters. The van der Waals surface area contributed by atoms with Gasteiger partial charge in [-0.3, -0.25) is 0 Å². The molecule has 0 unspecified atom stereocenters. The minimum atomic E-state index is 0.572. The third-order valence-electron chi connectivity index (χ3n) is 3.50. The number of fused-ring (bicyclic) bond motifs is 1. The molecule has 0 aromatic heterocycles. The summed E-state index contributed by atoms with van der Waals surface area (Å²) in [4.78, 5) is 1.29. The zero-order valence-corrected chi connectivity index (χ0v) is 13.1. The van der Waals surface area contributed by atoms with Crippen molar-refractivity contribution >= 4 is 34.1 Å². The van der Waals surface area contributed by atoms with Gasteiger partial charge in [-0.1, -0.05) is 54.1 Å². The lowest BCUT2D eigenvalue weighted by atomic mass is 10.0. The molecule has 0 amide bonds. The molecule has 0 fully saturated rings. The van der Waals surface area contributed by atoms with Crippen molar-refractivity contribution in [1.29, 1.82) is 0 Å². The molecule has 3 aromatic carbocycles. The molecule has 21 heavy (non-hydrogen) atoms. The van der Waals surface area contributed by atoms with Crippen LogP contribution in [0.2, 0.25) is 5.02 Å². The molecular formula is C18H16ClNS. The van der Waals surface area contributed by atoms with Gasteiger partial charge in [0.15, 0.2) is 0 Å². The molecule has 0 aliphatic heterocycles. The molecule has 3 aromatic rings. The van der Waals surface area contributed by atoms with Crippen molar-refractivity contribution < 1.29 is 0 Å². The first kappa shape index (κ1) is 14.5. The number of hydrogen-bond donors (Lipinski definition) is 1. The maximum absolute atomic E-state index is 5.92. The molecule has 0 aliphatic carbocycles. The molecule has 0 bridgehead atoms. The van der Waals surface area contributed by atoms with Crippen LogP contribution >= 0.6 is 23.4 Å². The van der Waals surface area contributed by atoms with E-state index in [0.29, 0.717) is 6.54 Å². The normalized spacial score (nSPS) is 11.0. The first-order chi connectivity index (χ1) is 10.3. The van der Waals surface area contributed by atoms with E-state index in [1.54, 1.807) is 0 Å². The highest BCUT2D eigenvalue weighted by atomic mass is 35.5. The Kier molecular flexibility index (Phi) is 4.49. The van der Waals surface area contributed by atoms with Crippen LogP contribution in [0.5, 0.6) is 0 Å². The lowest BCUT2D eigenvalue weighted by Crippen LogP contribution is -1.97. The summed E-state index contributed by atoms with van der Waals surface area (Å²) in [7, 11) is 0. The van der Waals surface area contributed by atoms with Crippen molar-refractivity contribution in [3.8, 4) is 0 Å². The Bertz CT molecular complexity index is 753. The van der Waals surface area contributed by atoms with Gasteiger partial charge in [0.25, 0.3) is 0 Å². The predicted octanol–water partition coefficient (Wildman–Crippen LogP) is 5.24. The van der Waals surface area contributed by atoms with E-state index >= 15 is 0 Å². The standard InChI is InChI=1S/C18H16ClNS/c19-15-8-5-13(6-9-15)12-21-18-10-7-14(11-20)16-3-1-2-4-17(16)18/h1-10H,11-12,20H2. The number of nitrogens with two attached hydrogens (primary N) is 1. The number of halogens is 1. The van der Waals surface area contributed by atoms with Crippen molar-refractivity contribution in [1.82, 2.24) is 0 Å². The Labute approximate surface area is 134 Å². The summed E-state index contributed by atoms with van der Waals surface area (Å²) in [6.07, 6.45) is 0. The van der Waals surface area contributed by atoms with E-state index in [9.17, 15) is 0 Å². The van der Waals surface area contributed by atoms with Gasteiger partial charge in [0.1, 0.15) is 0 Å². The van der Waals surface area contributed by atoms with E-state index in [-0.39, 0.29) is 0 Å². The monoisotopic (exact) mass is 313 g/mol. The summed E-state index contributed by atoms with van der Waals surface area (Å²) in [5, 5.41) is 3.31. The number of rotatable bonds is 4. The Balaban J connectivity index is 1.89. The molecule has 0 radical (unpaired) electrons. The summed E-state index contributed by atoms with van der Waals surface area (Å²) in [6.45, 7) is 0.572. The molecule has 1 nitrogen and oxygen atoms in total. The van der Waals surface area contributed by atoms with E-state index in [1.165, 1.54) is 26.8 Å². The maximum Gasteiger partial charge on any atom is 0.0406 e. The van der Waals surface area contributed by atoms with Crippen LogP contribution in [0, 0.1) is 0 Å². The van der Waals surface area contributed by atoms with Crippen molar-refractivity contribution in [2.45, 2.75) is 17.2 Å². The van der Waals surface area contributed by atoms with Crippen molar-refractivity contribution in [2.24, 2.45) is 5.73 Å². The topological polar surface area (TPSA) is 26.0 Å². The van der Waals surface area contributed by atoms with E-state index in [2.05, 4.69) is 48.5 Å². The van der Waals surface area contributed by atoms with Gasteiger partial charge >= 0.3 is 0 Å². The lowest BCUT2D eigenvalue weighted by molar-refractivity contribution is 1.08. The van der Waals surface area contributed by atoms with Gasteiger partial charge in [-0.25, -0.2) is 0 Å². The summed E-state index contributed by atoms with van der Waals surface area (Å²) in [6, 6.07) is 20.8. The number of hydrogen-bond acceptors (Lipinski definition) is 2. The van der Waals surface area contributed by atoms with Gasteiger partial charge < -0.3 is 5.73 Å². The van der Waals surface area contributed by atoms with Crippen LogP contribution in [0.1, 0.15) is 11.1 Å². The van der Waals surface area contributed by atoms with E-state index in [0.717, 1.165) is 10.8 Å². The molecule has 0 spiro atoms. The average molecular weight is 314 g/mol.